The van der Waals surface area contributed by atoms with E-state index < -0.39 is 0 Å². The monoisotopic (exact) mass is 276 g/mol. The van der Waals surface area contributed by atoms with Gasteiger partial charge in [-0.1, -0.05) is 31.4 Å². The highest BCUT2D eigenvalue weighted by molar-refractivity contribution is 6.21. The van der Waals surface area contributed by atoms with Crippen LogP contribution in [-0.2, 0) is 0 Å². The van der Waals surface area contributed by atoms with Crippen LogP contribution in [0.25, 0.3) is 11.0 Å². The zero-order valence-corrected chi connectivity index (χ0v) is 11.5. The van der Waals surface area contributed by atoms with Gasteiger partial charge >= 0.3 is 0 Å². The highest BCUT2D eigenvalue weighted by Gasteiger charge is 2.22. The molecule has 3 rings (SSSR count). The second-order valence-electron chi connectivity index (χ2n) is 5.03. The van der Waals surface area contributed by atoms with Crippen LogP contribution in [0.4, 0.5) is 5.95 Å². The van der Waals surface area contributed by atoms with E-state index >= 15 is 0 Å². The van der Waals surface area contributed by atoms with Crippen molar-refractivity contribution < 1.29 is 0 Å². The van der Waals surface area contributed by atoms with Crippen LogP contribution in [-0.4, -0.2) is 26.6 Å². The summed E-state index contributed by atoms with van der Waals surface area (Å²) in [6, 6.07) is 7.99. The SMILES string of the molecule is ClC1CCCCCC1Nc1nnc2ccccc2n1. The molecule has 1 N–H and O–H groups in total. The van der Waals surface area contributed by atoms with Crippen LogP contribution < -0.4 is 5.32 Å². The first-order chi connectivity index (χ1) is 9.33. The minimum Gasteiger partial charge on any atom is -0.349 e. The number of hydrogen-bond acceptors (Lipinski definition) is 4. The van der Waals surface area contributed by atoms with Crippen LogP contribution in [0.1, 0.15) is 32.1 Å². The molecule has 1 aliphatic carbocycles. The minimum atomic E-state index is 0.151. The molecule has 5 heteroatoms. The summed E-state index contributed by atoms with van der Waals surface area (Å²) in [4.78, 5) is 4.49. The van der Waals surface area contributed by atoms with E-state index in [4.69, 9.17) is 11.6 Å². The van der Waals surface area contributed by atoms with Crippen molar-refractivity contribution in [1.29, 1.82) is 0 Å². The van der Waals surface area contributed by atoms with Crippen LogP contribution in [0.2, 0.25) is 0 Å². The van der Waals surface area contributed by atoms with Crippen molar-refractivity contribution in [3.8, 4) is 0 Å². The predicted molar refractivity (Wildman–Crippen MR) is 77.5 cm³/mol. The van der Waals surface area contributed by atoms with Gasteiger partial charge in [0, 0.05) is 6.04 Å². The third-order valence-corrected chi connectivity index (χ3v) is 4.13. The summed E-state index contributed by atoms with van der Waals surface area (Å²) in [5.41, 5.74) is 1.68. The fourth-order valence-electron chi connectivity index (χ4n) is 2.53. The number of halogens is 1. The quantitative estimate of drug-likeness (QED) is 0.675. The van der Waals surface area contributed by atoms with Crippen LogP contribution in [0, 0.1) is 0 Å². The number of rotatable bonds is 2. The largest absolute Gasteiger partial charge is 0.349 e. The lowest BCUT2D eigenvalue weighted by molar-refractivity contribution is 0.621. The Kier molecular flexibility index (Phi) is 3.78. The number of anilines is 1. The topological polar surface area (TPSA) is 50.7 Å². The van der Waals surface area contributed by atoms with Gasteiger partial charge < -0.3 is 5.32 Å². The Hall–Kier alpha value is -1.42. The van der Waals surface area contributed by atoms with Gasteiger partial charge in [-0.2, -0.15) is 0 Å². The van der Waals surface area contributed by atoms with Gasteiger partial charge in [0.2, 0.25) is 5.95 Å². The molecule has 4 nitrogen and oxygen atoms in total. The summed E-state index contributed by atoms with van der Waals surface area (Å²) < 4.78 is 0. The maximum atomic E-state index is 6.42. The number of benzene rings is 1. The van der Waals surface area contributed by atoms with Gasteiger partial charge in [0.15, 0.2) is 0 Å². The Morgan fingerprint density at radius 1 is 1.00 bits per heavy atom. The van der Waals surface area contributed by atoms with Crippen molar-refractivity contribution in [2.75, 3.05) is 5.32 Å². The van der Waals surface area contributed by atoms with Crippen molar-refractivity contribution in [1.82, 2.24) is 15.2 Å². The molecule has 1 fully saturated rings. The summed E-state index contributed by atoms with van der Waals surface area (Å²) in [5.74, 6) is 0.580. The summed E-state index contributed by atoms with van der Waals surface area (Å²) in [5, 5.41) is 11.8. The summed E-state index contributed by atoms with van der Waals surface area (Å²) >= 11 is 6.42. The van der Waals surface area contributed by atoms with E-state index in [1.807, 2.05) is 24.3 Å². The highest BCUT2D eigenvalue weighted by Crippen LogP contribution is 2.24. The van der Waals surface area contributed by atoms with Crippen LogP contribution in [0.5, 0.6) is 0 Å². The Morgan fingerprint density at radius 2 is 1.79 bits per heavy atom. The fraction of sp³-hybridized carbons (Fsp3) is 0.500. The normalized spacial score (nSPS) is 24.1. The number of para-hydroxylation sites is 1. The molecular formula is C14H17ClN4. The van der Waals surface area contributed by atoms with Gasteiger partial charge in [0.05, 0.1) is 10.9 Å². The molecule has 0 saturated heterocycles. The number of hydrogen-bond donors (Lipinski definition) is 1. The molecule has 2 atom stereocenters. The van der Waals surface area contributed by atoms with Crippen LogP contribution in [0.3, 0.4) is 0 Å². The molecule has 0 amide bonds. The zero-order chi connectivity index (χ0) is 13.1. The molecule has 2 unspecified atom stereocenters. The average Bonchev–Trinajstić information content (AvgIpc) is 2.64. The Balaban J connectivity index is 1.80. The van der Waals surface area contributed by atoms with Crippen molar-refractivity contribution in [2.24, 2.45) is 0 Å². The maximum absolute atomic E-state index is 6.42. The molecule has 0 radical (unpaired) electrons. The average molecular weight is 277 g/mol. The van der Waals surface area contributed by atoms with Crippen molar-refractivity contribution >= 4 is 28.6 Å². The Morgan fingerprint density at radius 3 is 2.68 bits per heavy atom. The lowest BCUT2D eigenvalue weighted by Crippen LogP contribution is -2.29. The fourth-order valence-corrected chi connectivity index (χ4v) is 2.88. The number of aromatic nitrogens is 3. The summed E-state index contributed by atoms with van der Waals surface area (Å²) in [6.45, 7) is 0. The van der Waals surface area contributed by atoms with E-state index in [1.165, 1.54) is 19.3 Å². The number of alkyl halides is 1. The molecule has 0 aliphatic heterocycles. The summed E-state index contributed by atoms with van der Waals surface area (Å²) in [7, 11) is 0. The number of nitrogens with one attached hydrogen (secondary N) is 1. The molecule has 2 aromatic rings. The van der Waals surface area contributed by atoms with Gasteiger partial charge in [0.1, 0.15) is 5.52 Å². The first kappa shape index (κ1) is 12.6. The highest BCUT2D eigenvalue weighted by atomic mass is 35.5. The lowest BCUT2D eigenvalue weighted by atomic mass is 10.1. The van der Waals surface area contributed by atoms with Gasteiger partial charge in [-0.25, -0.2) is 4.98 Å². The third-order valence-electron chi connectivity index (χ3n) is 3.61. The second kappa shape index (κ2) is 5.70. The van der Waals surface area contributed by atoms with Gasteiger partial charge in [-0.3, -0.25) is 0 Å². The first-order valence-corrected chi connectivity index (χ1v) is 7.26. The molecule has 19 heavy (non-hydrogen) atoms. The molecule has 1 aliphatic rings. The third kappa shape index (κ3) is 2.95. The Labute approximate surface area is 117 Å². The van der Waals surface area contributed by atoms with E-state index in [-0.39, 0.29) is 11.4 Å². The molecule has 100 valence electrons. The lowest BCUT2D eigenvalue weighted by Gasteiger charge is -2.20. The van der Waals surface area contributed by atoms with Crippen molar-refractivity contribution in [3.63, 3.8) is 0 Å². The van der Waals surface area contributed by atoms with E-state index in [1.54, 1.807) is 0 Å². The first-order valence-electron chi connectivity index (χ1n) is 6.83. The molecule has 1 saturated carbocycles. The number of fused-ring (bicyclic) bond motifs is 1. The number of nitrogens with zero attached hydrogens (tertiary/aromatic N) is 3. The van der Waals surface area contributed by atoms with E-state index in [0.717, 1.165) is 23.9 Å². The molecule has 1 aromatic heterocycles. The van der Waals surface area contributed by atoms with Crippen LogP contribution >= 0.6 is 11.6 Å². The van der Waals surface area contributed by atoms with Gasteiger partial charge in [-0.05, 0) is 25.0 Å². The standard InChI is InChI=1S/C14H17ClN4/c15-10-6-2-1-3-7-11(10)16-14-17-12-8-4-5-9-13(12)18-19-14/h4-5,8-11H,1-3,6-7H2,(H,16,17,19). The molecule has 0 bridgehead atoms. The predicted octanol–water partition coefficient (Wildman–Crippen LogP) is 3.38. The maximum Gasteiger partial charge on any atom is 0.243 e. The molecular weight excluding hydrogens is 260 g/mol. The van der Waals surface area contributed by atoms with Crippen molar-refractivity contribution in [3.05, 3.63) is 24.3 Å². The summed E-state index contributed by atoms with van der Waals surface area (Å²) in [6.07, 6.45) is 5.81. The second-order valence-corrected chi connectivity index (χ2v) is 5.59. The van der Waals surface area contributed by atoms with Gasteiger partial charge in [-0.15, -0.1) is 21.8 Å². The Bertz CT molecular complexity index is 560. The zero-order valence-electron chi connectivity index (χ0n) is 10.7. The van der Waals surface area contributed by atoms with Crippen LogP contribution in [0.15, 0.2) is 24.3 Å². The van der Waals surface area contributed by atoms with E-state index in [9.17, 15) is 0 Å². The van der Waals surface area contributed by atoms with Crippen molar-refractivity contribution in [2.45, 2.75) is 43.5 Å². The molecule has 0 spiro atoms. The van der Waals surface area contributed by atoms with E-state index in [2.05, 4.69) is 20.5 Å². The smallest absolute Gasteiger partial charge is 0.243 e. The minimum absolute atomic E-state index is 0.151. The van der Waals surface area contributed by atoms with E-state index in [0.29, 0.717) is 5.95 Å². The van der Waals surface area contributed by atoms with Gasteiger partial charge in [0.25, 0.3) is 0 Å². The molecule has 1 heterocycles. The molecule has 1 aromatic carbocycles.